The molecule has 1 aromatic rings. The van der Waals surface area contributed by atoms with Gasteiger partial charge in [-0.25, -0.2) is 4.79 Å². The van der Waals surface area contributed by atoms with Crippen LogP contribution in [0.25, 0.3) is 0 Å². The summed E-state index contributed by atoms with van der Waals surface area (Å²) >= 11 is 5.84. The summed E-state index contributed by atoms with van der Waals surface area (Å²) in [6.07, 6.45) is -1.27. The molecule has 3 N–H and O–H groups in total. The predicted octanol–water partition coefficient (Wildman–Crippen LogP) is 0.703. The molecule has 0 aliphatic rings. The summed E-state index contributed by atoms with van der Waals surface area (Å²) in [5.41, 5.74) is 5.79. The van der Waals surface area contributed by atoms with Gasteiger partial charge in [-0.2, -0.15) is 0 Å². The number of aliphatic hydroxyl groups is 1. The van der Waals surface area contributed by atoms with Gasteiger partial charge in [-0.05, 0) is 6.07 Å². The predicted molar refractivity (Wildman–Crippen MR) is 56.3 cm³/mol. The quantitative estimate of drug-likeness (QED) is 0.746. The zero-order valence-electron chi connectivity index (χ0n) is 8.02. The second-order valence-electron chi connectivity index (χ2n) is 2.95. The van der Waals surface area contributed by atoms with E-state index in [1.165, 1.54) is 0 Å². The van der Waals surface area contributed by atoms with Gasteiger partial charge in [0.25, 0.3) is 0 Å². The monoisotopic (exact) mass is 229 g/mol. The van der Waals surface area contributed by atoms with Crippen LogP contribution in [-0.4, -0.2) is 23.7 Å². The average molecular weight is 230 g/mol. The molecule has 0 amide bonds. The van der Waals surface area contributed by atoms with Crippen LogP contribution in [0.15, 0.2) is 24.3 Å². The van der Waals surface area contributed by atoms with Gasteiger partial charge in [0.1, 0.15) is 6.61 Å². The largest absolute Gasteiger partial charge is 0.459 e. The molecular weight excluding hydrogens is 218 g/mol. The van der Waals surface area contributed by atoms with Gasteiger partial charge >= 0.3 is 5.97 Å². The highest BCUT2D eigenvalue weighted by Gasteiger charge is 2.14. The van der Waals surface area contributed by atoms with Gasteiger partial charge < -0.3 is 15.6 Å². The maximum Gasteiger partial charge on any atom is 0.336 e. The topological polar surface area (TPSA) is 72.5 Å². The summed E-state index contributed by atoms with van der Waals surface area (Å²) in [6.45, 7) is -0.114. The van der Waals surface area contributed by atoms with Crippen LogP contribution in [0.3, 0.4) is 0 Å². The van der Waals surface area contributed by atoms with E-state index in [-0.39, 0.29) is 13.2 Å². The Morgan fingerprint density at radius 2 is 2.20 bits per heavy atom. The summed E-state index contributed by atoms with van der Waals surface area (Å²) in [6, 6.07) is 7.01. The Balaban J connectivity index is 2.51. The molecule has 82 valence electrons. The van der Waals surface area contributed by atoms with Crippen LogP contribution in [0.5, 0.6) is 0 Å². The first kappa shape index (κ1) is 12.0. The van der Waals surface area contributed by atoms with Crippen LogP contribution in [0.2, 0.25) is 5.02 Å². The Hall–Kier alpha value is -1.10. The highest BCUT2D eigenvalue weighted by Crippen LogP contribution is 2.15. The number of hydrogen-bond donors (Lipinski definition) is 2. The smallest absolute Gasteiger partial charge is 0.336 e. The maximum atomic E-state index is 11.1. The van der Waals surface area contributed by atoms with Crippen molar-refractivity contribution in [3.8, 4) is 0 Å². The van der Waals surface area contributed by atoms with Crippen molar-refractivity contribution in [1.29, 1.82) is 0 Å². The molecule has 1 unspecified atom stereocenters. The summed E-state index contributed by atoms with van der Waals surface area (Å²) in [7, 11) is 0. The minimum Gasteiger partial charge on any atom is -0.459 e. The van der Waals surface area contributed by atoms with Crippen molar-refractivity contribution in [2.75, 3.05) is 6.54 Å². The summed E-state index contributed by atoms with van der Waals surface area (Å²) in [5, 5.41) is 9.56. The van der Waals surface area contributed by atoms with Gasteiger partial charge in [0.15, 0.2) is 6.10 Å². The molecule has 0 aliphatic carbocycles. The van der Waals surface area contributed by atoms with Gasteiger partial charge in [-0.1, -0.05) is 29.8 Å². The van der Waals surface area contributed by atoms with E-state index >= 15 is 0 Å². The summed E-state index contributed by atoms with van der Waals surface area (Å²) in [4.78, 5) is 11.1. The van der Waals surface area contributed by atoms with Crippen LogP contribution in [0.1, 0.15) is 5.56 Å². The van der Waals surface area contributed by atoms with E-state index in [4.69, 9.17) is 27.2 Å². The summed E-state index contributed by atoms with van der Waals surface area (Å²) < 4.78 is 4.81. The third-order valence-corrected chi connectivity index (χ3v) is 2.19. The molecule has 5 heteroatoms. The third kappa shape index (κ3) is 3.51. The average Bonchev–Trinajstić information content (AvgIpc) is 2.26. The van der Waals surface area contributed by atoms with Gasteiger partial charge in [0.2, 0.25) is 0 Å². The highest BCUT2D eigenvalue weighted by molar-refractivity contribution is 6.31. The van der Waals surface area contributed by atoms with Crippen LogP contribution in [-0.2, 0) is 16.1 Å². The lowest BCUT2D eigenvalue weighted by molar-refractivity contribution is -0.154. The van der Waals surface area contributed by atoms with Gasteiger partial charge in [0, 0.05) is 17.1 Å². The van der Waals surface area contributed by atoms with E-state index < -0.39 is 12.1 Å². The third-order valence-electron chi connectivity index (χ3n) is 1.82. The molecular formula is C10H12ClNO3. The normalized spacial score (nSPS) is 12.2. The number of ether oxygens (including phenoxy) is 1. The molecule has 0 aliphatic heterocycles. The minimum absolute atomic E-state index is 0.0373. The molecule has 4 nitrogen and oxygen atoms in total. The minimum atomic E-state index is -1.27. The van der Waals surface area contributed by atoms with Crippen molar-refractivity contribution in [2.24, 2.45) is 5.73 Å². The second kappa shape index (κ2) is 5.70. The van der Waals surface area contributed by atoms with Gasteiger partial charge in [-0.15, -0.1) is 0 Å². The van der Waals surface area contributed by atoms with E-state index in [0.29, 0.717) is 10.6 Å². The molecule has 0 heterocycles. The first-order chi connectivity index (χ1) is 7.15. The molecule has 1 atom stereocenters. The number of carbonyl (C=O) groups excluding carboxylic acids is 1. The van der Waals surface area contributed by atoms with E-state index in [1.807, 2.05) is 0 Å². The number of esters is 1. The molecule has 0 spiro atoms. The molecule has 15 heavy (non-hydrogen) atoms. The number of hydrogen-bond acceptors (Lipinski definition) is 4. The van der Waals surface area contributed by atoms with Crippen molar-refractivity contribution in [1.82, 2.24) is 0 Å². The Labute approximate surface area is 92.6 Å². The van der Waals surface area contributed by atoms with Crippen molar-refractivity contribution in [3.63, 3.8) is 0 Å². The Bertz CT molecular complexity index is 343. The first-order valence-electron chi connectivity index (χ1n) is 4.43. The molecule has 0 fully saturated rings. The summed E-state index contributed by atoms with van der Waals surface area (Å²) in [5.74, 6) is -0.739. The number of halogens is 1. The zero-order valence-corrected chi connectivity index (χ0v) is 8.78. The molecule has 0 bridgehead atoms. The SMILES string of the molecule is NCC(O)C(=O)OCc1ccccc1Cl. The molecule has 1 rings (SSSR count). The van der Waals surface area contributed by atoms with Crippen molar-refractivity contribution in [3.05, 3.63) is 34.9 Å². The zero-order chi connectivity index (χ0) is 11.3. The molecule has 0 saturated heterocycles. The Kier molecular flexibility index (Phi) is 4.55. The first-order valence-corrected chi connectivity index (χ1v) is 4.81. The number of benzene rings is 1. The molecule has 0 saturated carbocycles. The van der Waals surface area contributed by atoms with Crippen molar-refractivity contribution >= 4 is 17.6 Å². The maximum absolute atomic E-state index is 11.1. The molecule has 0 aromatic heterocycles. The number of rotatable bonds is 4. The fraction of sp³-hybridized carbons (Fsp3) is 0.300. The van der Waals surface area contributed by atoms with Crippen molar-refractivity contribution < 1.29 is 14.6 Å². The van der Waals surface area contributed by atoms with Gasteiger partial charge in [-0.3, -0.25) is 0 Å². The lowest BCUT2D eigenvalue weighted by atomic mass is 10.2. The van der Waals surface area contributed by atoms with E-state index in [1.54, 1.807) is 24.3 Å². The number of aliphatic hydroxyl groups excluding tert-OH is 1. The van der Waals surface area contributed by atoms with Crippen molar-refractivity contribution in [2.45, 2.75) is 12.7 Å². The van der Waals surface area contributed by atoms with E-state index in [9.17, 15) is 4.79 Å². The van der Waals surface area contributed by atoms with E-state index in [0.717, 1.165) is 0 Å². The van der Waals surface area contributed by atoms with Crippen LogP contribution in [0, 0.1) is 0 Å². The number of nitrogens with two attached hydrogens (primary N) is 1. The lowest BCUT2D eigenvalue weighted by Crippen LogP contribution is -2.30. The molecule has 1 aromatic carbocycles. The fourth-order valence-corrected chi connectivity index (χ4v) is 1.15. The highest BCUT2D eigenvalue weighted by atomic mass is 35.5. The number of carbonyl (C=O) groups is 1. The Morgan fingerprint density at radius 3 is 2.80 bits per heavy atom. The van der Waals surface area contributed by atoms with Crippen LogP contribution < -0.4 is 5.73 Å². The lowest BCUT2D eigenvalue weighted by Gasteiger charge is -2.09. The Morgan fingerprint density at radius 1 is 1.53 bits per heavy atom. The van der Waals surface area contributed by atoms with E-state index in [2.05, 4.69) is 0 Å². The standard InChI is InChI=1S/C10H12ClNO3/c11-8-4-2-1-3-7(8)6-15-10(14)9(13)5-12/h1-4,9,13H,5-6,12H2. The van der Waals surface area contributed by atoms with Crippen LogP contribution >= 0.6 is 11.6 Å². The fourth-order valence-electron chi connectivity index (χ4n) is 0.957. The molecule has 0 radical (unpaired) electrons. The van der Waals surface area contributed by atoms with Crippen LogP contribution in [0.4, 0.5) is 0 Å². The second-order valence-corrected chi connectivity index (χ2v) is 3.36. The van der Waals surface area contributed by atoms with Gasteiger partial charge in [0.05, 0.1) is 0 Å².